The van der Waals surface area contributed by atoms with Gasteiger partial charge in [0.2, 0.25) is 0 Å². The van der Waals surface area contributed by atoms with Crippen LogP contribution < -0.4 is 0 Å². The summed E-state index contributed by atoms with van der Waals surface area (Å²) in [6.45, 7) is 8.73. The summed E-state index contributed by atoms with van der Waals surface area (Å²) in [5.74, 6) is 0.807. The molecule has 0 atom stereocenters. The minimum absolute atomic E-state index is 0.0994. The molecule has 1 aromatic heterocycles. The van der Waals surface area contributed by atoms with Crippen LogP contribution in [0.1, 0.15) is 31.9 Å². The van der Waals surface area contributed by atoms with Crippen molar-refractivity contribution in [2.75, 3.05) is 0 Å². The zero-order valence-electron chi connectivity index (χ0n) is 10.9. The summed E-state index contributed by atoms with van der Waals surface area (Å²) < 4.78 is 0. The first kappa shape index (κ1) is 11.8. The summed E-state index contributed by atoms with van der Waals surface area (Å²) >= 11 is 0. The molecule has 2 rings (SSSR count). The van der Waals surface area contributed by atoms with Gasteiger partial charge in [-0.05, 0) is 30.0 Å². The predicted molar refractivity (Wildman–Crippen MR) is 70.9 cm³/mol. The third-order valence-electron chi connectivity index (χ3n) is 2.79. The third-order valence-corrected chi connectivity index (χ3v) is 2.79. The third kappa shape index (κ3) is 2.52. The Morgan fingerprint density at radius 3 is 2.24 bits per heavy atom. The van der Waals surface area contributed by atoms with Gasteiger partial charge in [0.15, 0.2) is 5.82 Å². The molecule has 1 heterocycles. The van der Waals surface area contributed by atoms with Gasteiger partial charge in [0, 0.05) is 18.0 Å². The highest BCUT2D eigenvalue weighted by molar-refractivity contribution is 5.63. The van der Waals surface area contributed by atoms with Crippen molar-refractivity contribution in [2.45, 2.75) is 33.1 Å². The van der Waals surface area contributed by atoms with Gasteiger partial charge in [-0.1, -0.05) is 38.5 Å². The first-order chi connectivity index (χ1) is 7.98. The monoisotopic (exact) mass is 226 g/mol. The molecule has 1 aromatic carbocycles. The largest absolute Gasteiger partial charge is 0.237 e. The summed E-state index contributed by atoms with van der Waals surface area (Å²) in [6, 6.07) is 8.33. The molecule has 0 fully saturated rings. The van der Waals surface area contributed by atoms with Crippen molar-refractivity contribution in [3.8, 4) is 11.4 Å². The lowest BCUT2D eigenvalue weighted by Gasteiger charge is -2.22. The molecule has 0 aliphatic rings. The topological polar surface area (TPSA) is 25.8 Å². The molecule has 0 aliphatic heterocycles. The van der Waals surface area contributed by atoms with E-state index in [0.717, 1.165) is 11.4 Å². The van der Waals surface area contributed by atoms with E-state index in [0.29, 0.717) is 0 Å². The highest BCUT2D eigenvalue weighted by atomic mass is 14.9. The van der Waals surface area contributed by atoms with Crippen molar-refractivity contribution in [1.82, 2.24) is 9.97 Å². The molecule has 0 spiro atoms. The second-order valence-electron chi connectivity index (χ2n) is 5.37. The van der Waals surface area contributed by atoms with E-state index in [2.05, 4.69) is 55.9 Å². The Labute approximate surface area is 103 Å². The minimum atomic E-state index is 0.0994. The lowest BCUT2D eigenvalue weighted by molar-refractivity contribution is 0.591. The molecule has 0 saturated carbocycles. The maximum absolute atomic E-state index is 4.35. The van der Waals surface area contributed by atoms with Crippen LogP contribution in [0.25, 0.3) is 11.4 Å². The van der Waals surface area contributed by atoms with Crippen LogP contribution in [-0.4, -0.2) is 9.97 Å². The van der Waals surface area contributed by atoms with Gasteiger partial charge in [0.25, 0.3) is 0 Å². The molecule has 0 bridgehead atoms. The molecular weight excluding hydrogens is 208 g/mol. The Bertz CT molecular complexity index is 510. The lowest BCUT2D eigenvalue weighted by atomic mass is 9.83. The van der Waals surface area contributed by atoms with E-state index in [1.165, 1.54) is 11.1 Å². The summed E-state index contributed by atoms with van der Waals surface area (Å²) in [7, 11) is 0. The van der Waals surface area contributed by atoms with E-state index < -0.39 is 0 Å². The zero-order chi connectivity index (χ0) is 12.5. The summed E-state index contributed by atoms with van der Waals surface area (Å²) in [6.07, 6.45) is 3.58. The summed E-state index contributed by atoms with van der Waals surface area (Å²) in [4.78, 5) is 8.71. The first-order valence-corrected chi connectivity index (χ1v) is 5.87. The second-order valence-corrected chi connectivity index (χ2v) is 5.37. The van der Waals surface area contributed by atoms with Gasteiger partial charge < -0.3 is 0 Å². The van der Waals surface area contributed by atoms with Crippen molar-refractivity contribution < 1.29 is 0 Å². The Balaban J connectivity index is 2.64. The summed E-state index contributed by atoms with van der Waals surface area (Å²) in [5.41, 5.74) is 3.76. The Morgan fingerprint density at radius 1 is 1.00 bits per heavy atom. The predicted octanol–water partition coefficient (Wildman–Crippen LogP) is 3.75. The van der Waals surface area contributed by atoms with E-state index >= 15 is 0 Å². The van der Waals surface area contributed by atoms with Crippen LogP contribution in [0.15, 0.2) is 36.7 Å². The maximum atomic E-state index is 4.35. The Morgan fingerprint density at radius 2 is 1.65 bits per heavy atom. The molecule has 0 unspecified atom stereocenters. The lowest BCUT2D eigenvalue weighted by Crippen LogP contribution is -2.13. The average molecular weight is 226 g/mol. The molecule has 2 aromatic rings. The number of aryl methyl sites for hydroxylation is 1. The molecule has 0 amide bonds. The SMILES string of the molecule is Cc1ccc(C(C)(C)C)c(-c2ncccn2)c1. The summed E-state index contributed by atoms with van der Waals surface area (Å²) in [5, 5.41) is 0. The number of hydrogen-bond acceptors (Lipinski definition) is 2. The molecule has 0 aliphatic carbocycles. The van der Waals surface area contributed by atoms with Crippen molar-refractivity contribution in [2.24, 2.45) is 0 Å². The van der Waals surface area contributed by atoms with Gasteiger partial charge in [0.05, 0.1) is 0 Å². The van der Waals surface area contributed by atoms with Gasteiger partial charge in [-0.25, -0.2) is 9.97 Å². The minimum Gasteiger partial charge on any atom is -0.237 e. The standard InChI is InChI=1S/C15H18N2/c1-11-6-7-13(15(2,3)4)12(10-11)14-16-8-5-9-17-14/h5-10H,1-4H3. The van der Waals surface area contributed by atoms with Crippen LogP contribution in [0, 0.1) is 6.92 Å². The van der Waals surface area contributed by atoms with E-state index in [9.17, 15) is 0 Å². The van der Waals surface area contributed by atoms with Crippen molar-refractivity contribution >= 4 is 0 Å². The van der Waals surface area contributed by atoms with Gasteiger partial charge in [-0.15, -0.1) is 0 Å². The molecule has 0 N–H and O–H groups in total. The quantitative estimate of drug-likeness (QED) is 0.740. The van der Waals surface area contributed by atoms with Crippen LogP contribution >= 0.6 is 0 Å². The molecule has 0 saturated heterocycles. The Hall–Kier alpha value is -1.70. The van der Waals surface area contributed by atoms with E-state index in [-0.39, 0.29) is 5.41 Å². The van der Waals surface area contributed by atoms with Crippen LogP contribution in [0.3, 0.4) is 0 Å². The molecule has 2 nitrogen and oxygen atoms in total. The molecule has 2 heteroatoms. The fourth-order valence-corrected chi connectivity index (χ4v) is 1.94. The molecular formula is C15H18N2. The van der Waals surface area contributed by atoms with Gasteiger partial charge >= 0.3 is 0 Å². The van der Waals surface area contributed by atoms with E-state index in [1.54, 1.807) is 12.4 Å². The van der Waals surface area contributed by atoms with Crippen molar-refractivity contribution in [1.29, 1.82) is 0 Å². The zero-order valence-corrected chi connectivity index (χ0v) is 10.9. The fourth-order valence-electron chi connectivity index (χ4n) is 1.94. The normalized spacial score (nSPS) is 11.5. The Kier molecular flexibility index (Phi) is 2.97. The second kappa shape index (κ2) is 4.28. The van der Waals surface area contributed by atoms with Gasteiger partial charge in [-0.2, -0.15) is 0 Å². The van der Waals surface area contributed by atoms with Crippen molar-refractivity contribution in [3.05, 3.63) is 47.8 Å². The number of nitrogens with zero attached hydrogens (tertiary/aromatic N) is 2. The number of benzene rings is 1. The highest BCUT2D eigenvalue weighted by Crippen LogP contribution is 2.31. The molecule has 88 valence electrons. The van der Waals surface area contributed by atoms with E-state index in [4.69, 9.17) is 0 Å². The number of hydrogen-bond donors (Lipinski definition) is 0. The fraction of sp³-hybridized carbons (Fsp3) is 0.333. The molecule has 17 heavy (non-hydrogen) atoms. The van der Waals surface area contributed by atoms with Crippen LogP contribution in [0.2, 0.25) is 0 Å². The number of rotatable bonds is 1. The van der Waals surface area contributed by atoms with Crippen LogP contribution in [0.4, 0.5) is 0 Å². The first-order valence-electron chi connectivity index (χ1n) is 5.87. The van der Waals surface area contributed by atoms with Crippen LogP contribution in [-0.2, 0) is 5.41 Å². The number of aromatic nitrogens is 2. The van der Waals surface area contributed by atoms with Crippen molar-refractivity contribution in [3.63, 3.8) is 0 Å². The molecule has 0 radical (unpaired) electrons. The van der Waals surface area contributed by atoms with E-state index in [1.807, 2.05) is 6.07 Å². The maximum Gasteiger partial charge on any atom is 0.159 e. The van der Waals surface area contributed by atoms with Gasteiger partial charge in [-0.3, -0.25) is 0 Å². The smallest absolute Gasteiger partial charge is 0.159 e. The average Bonchev–Trinajstić information content (AvgIpc) is 2.28. The highest BCUT2D eigenvalue weighted by Gasteiger charge is 2.19. The van der Waals surface area contributed by atoms with Crippen LogP contribution in [0.5, 0.6) is 0 Å². The van der Waals surface area contributed by atoms with Gasteiger partial charge in [0.1, 0.15) is 0 Å².